The molecule has 0 aromatic heterocycles. The number of halogens is 1. The van der Waals surface area contributed by atoms with E-state index >= 15 is 0 Å². The van der Waals surface area contributed by atoms with Gasteiger partial charge in [-0.2, -0.15) is 0 Å². The van der Waals surface area contributed by atoms with Crippen molar-refractivity contribution in [1.82, 2.24) is 5.32 Å². The fourth-order valence-electron chi connectivity index (χ4n) is 1.30. The van der Waals surface area contributed by atoms with Crippen molar-refractivity contribution in [2.75, 3.05) is 18.5 Å². The van der Waals surface area contributed by atoms with Crippen molar-refractivity contribution in [3.63, 3.8) is 0 Å². The summed E-state index contributed by atoms with van der Waals surface area (Å²) in [6.45, 7) is 2.17. The number of benzene rings is 1. The largest absolute Gasteiger partial charge is 0.490 e. The van der Waals surface area contributed by atoms with E-state index in [9.17, 15) is 9.59 Å². The van der Waals surface area contributed by atoms with E-state index in [2.05, 4.69) is 5.32 Å². The van der Waals surface area contributed by atoms with Gasteiger partial charge < -0.3 is 15.8 Å². The van der Waals surface area contributed by atoms with Crippen molar-refractivity contribution in [3.8, 4) is 5.75 Å². The standard InChI is InChI=1S/C11H14ClN3O3/c1-2-18-10-7(12)4-3-5-8(10)14-6-9(16)15-11(13)17/h3-5,14H,2,6H2,1H3,(H3,13,15,16,17). The molecule has 0 saturated heterocycles. The number of anilines is 1. The summed E-state index contributed by atoms with van der Waals surface area (Å²) < 4.78 is 5.36. The van der Waals surface area contributed by atoms with E-state index in [4.69, 9.17) is 22.1 Å². The number of carbonyl (C=O) groups is 2. The maximum Gasteiger partial charge on any atom is 0.318 e. The molecule has 0 bridgehead atoms. The Morgan fingerprint density at radius 1 is 1.44 bits per heavy atom. The molecule has 0 atom stereocenters. The smallest absolute Gasteiger partial charge is 0.318 e. The van der Waals surface area contributed by atoms with Gasteiger partial charge in [0.2, 0.25) is 5.91 Å². The third kappa shape index (κ3) is 4.14. The number of hydrogen-bond donors (Lipinski definition) is 3. The Hall–Kier alpha value is -1.95. The highest BCUT2D eigenvalue weighted by Crippen LogP contribution is 2.32. The molecule has 98 valence electrons. The normalized spacial score (nSPS) is 9.67. The molecule has 0 saturated carbocycles. The van der Waals surface area contributed by atoms with Crippen LogP contribution in [0, 0.1) is 0 Å². The Balaban J connectivity index is 2.69. The van der Waals surface area contributed by atoms with Crippen LogP contribution in [0.2, 0.25) is 5.02 Å². The van der Waals surface area contributed by atoms with Crippen molar-refractivity contribution in [1.29, 1.82) is 0 Å². The lowest BCUT2D eigenvalue weighted by Gasteiger charge is -2.13. The van der Waals surface area contributed by atoms with Crippen LogP contribution < -0.4 is 21.1 Å². The molecule has 1 aromatic rings. The van der Waals surface area contributed by atoms with Gasteiger partial charge in [-0.25, -0.2) is 4.79 Å². The first-order valence-corrected chi connectivity index (χ1v) is 5.66. The highest BCUT2D eigenvalue weighted by Gasteiger charge is 2.09. The zero-order valence-corrected chi connectivity index (χ0v) is 10.6. The average Bonchev–Trinajstić information content (AvgIpc) is 2.29. The number of nitrogens with two attached hydrogens (primary N) is 1. The van der Waals surface area contributed by atoms with Gasteiger partial charge in [0.15, 0.2) is 5.75 Å². The second-order valence-corrected chi connectivity index (χ2v) is 3.72. The summed E-state index contributed by atoms with van der Waals surface area (Å²) in [5, 5.41) is 5.20. The van der Waals surface area contributed by atoms with Gasteiger partial charge in [0.05, 0.1) is 23.9 Å². The third-order valence-electron chi connectivity index (χ3n) is 1.96. The van der Waals surface area contributed by atoms with E-state index in [1.165, 1.54) is 0 Å². The Bertz CT molecular complexity index is 451. The SMILES string of the molecule is CCOc1c(Cl)cccc1NCC(=O)NC(N)=O. The van der Waals surface area contributed by atoms with Crippen LogP contribution in [0.25, 0.3) is 0 Å². The van der Waals surface area contributed by atoms with Gasteiger partial charge >= 0.3 is 6.03 Å². The monoisotopic (exact) mass is 271 g/mol. The number of hydrogen-bond acceptors (Lipinski definition) is 4. The molecule has 0 fully saturated rings. The molecular formula is C11H14ClN3O3. The molecule has 0 aliphatic rings. The molecule has 6 nitrogen and oxygen atoms in total. The van der Waals surface area contributed by atoms with E-state index in [0.29, 0.717) is 23.1 Å². The number of ether oxygens (including phenoxy) is 1. The third-order valence-corrected chi connectivity index (χ3v) is 2.26. The first-order chi connectivity index (χ1) is 8.54. The van der Waals surface area contributed by atoms with Gasteiger partial charge in [-0.1, -0.05) is 17.7 Å². The highest BCUT2D eigenvalue weighted by atomic mass is 35.5. The molecule has 0 radical (unpaired) electrons. The minimum absolute atomic E-state index is 0.108. The Morgan fingerprint density at radius 2 is 2.17 bits per heavy atom. The molecular weight excluding hydrogens is 258 g/mol. The fourth-order valence-corrected chi connectivity index (χ4v) is 1.53. The van der Waals surface area contributed by atoms with Gasteiger partial charge in [-0.3, -0.25) is 10.1 Å². The Morgan fingerprint density at radius 3 is 2.78 bits per heavy atom. The first-order valence-electron chi connectivity index (χ1n) is 5.29. The molecule has 0 aliphatic heterocycles. The van der Waals surface area contributed by atoms with Gasteiger partial charge in [0, 0.05) is 0 Å². The Labute approximate surface area is 109 Å². The molecule has 0 spiro atoms. The van der Waals surface area contributed by atoms with Crippen LogP contribution in [-0.4, -0.2) is 25.1 Å². The fraction of sp³-hybridized carbons (Fsp3) is 0.273. The molecule has 1 aromatic carbocycles. The summed E-state index contributed by atoms with van der Waals surface area (Å²) in [6.07, 6.45) is 0. The predicted molar refractivity (Wildman–Crippen MR) is 68.8 cm³/mol. The average molecular weight is 272 g/mol. The van der Waals surface area contributed by atoms with Crippen LogP contribution in [0.3, 0.4) is 0 Å². The number of imide groups is 1. The summed E-state index contributed by atoms with van der Waals surface area (Å²) in [5.41, 5.74) is 5.39. The molecule has 4 N–H and O–H groups in total. The molecule has 18 heavy (non-hydrogen) atoms. The maximum atomic E-state index is 11.2. The minimum Gasteiger partial charge on any atom is -0.490 e. The van der Waals surface area contributed by atoms with E-state index in [0.717, 1.165) is 0 Å². The molecule has 1 rings (SSSR count). The zero-order valence-electron chi connectivity index (χ0n) is 9.83. The van der Waals surface area contributed by atoms with Crippen molar-refractivity contribution >= 4 is 29.2 Å². The Kier molecular flexibility index (Phi) is 5.26. The zero-order chi connectivity index (χ0) is 13.5. The summed E-state index contributed by atoms with van der Waals surface area (Å²) in [6, 6.07) is 4.23. The predicted octanol–water partition coefficient (Wildman–Crippen LogP) is 1.35. The number of amides is 3. The lowest BCUT2D eigenvalue weighted by Crippen LogP contribution is -2.38. The van der Waals surface area contributed by atoms with E-state index < -0.39 is 11.9 Å². The molecule has 0 heterocycles. The summed E-state index contributed by atoms with van der Waals surface area (Å²) in [4.78, 5) is 21.7. The van der Waals surface area contributed by atoms with Crippen molar-refractivity contribution in [3.05, 3.63) is 23.2 Å². The number of primary amides is 1. The highest BCUT2D eigenvalue weighted by molar-refractivity contribution is 6.32. The minimum atomic E-state index is -0.891. The van der Waals surface area contributed by atoms with Crippen molar-refractivity contribution < 1.29 is 14.3 Å². The van der Waals surface area contributed by atoms with Gasteiger partial charge in [-0.05, 0) is 19.1 Å². The quantitative estimate of drug-likeness (QED) is 0.753. The molecule has 0 unspecified atom stereocenters. The van der Waals surface area contributed by atoms with Crippen LogP contribution in [0.5, 0.6) is 5.75 Å². The number of rotatable bonds is 5. The number of para-hydroxylation sites is 1. The van der Waals surface area contributed by atoms with Gasteiger partial charge in [0.25, 0.3) is 0 Å². The number of urea groups is 1. The van der Waals surface area contributed by atoms with Crippen LogP contribution in [0.4, 0.5) is 10.5 Å². The summed E-state index contributed by atoms with van der Waals surface area (Å²) in [7, 11) is 0. The molecule has 0 aliphatic carbocycles. The van der Waals surface area contributed by atoms with Crippen molar-refractivity contribution in [2.24, 2.45) is 5.73 Å². The van der Waals surface area contributed by atoms with Crippen LogP contribution in [0.15, 0.2) is 18.2 Å². The van der Waals surface area contributed by atoms with E-state index in [-0.39, 0.29) is 6.54 Å². The van der Waals surface area contributed by atoms with E-state index in [1.54, 1.807) is 18.2 Å². The number of carbonyl (C=O) groups excluding carboxylic acids is 2. The van der Waals surface area contributed by atoms with Gasteiger partial charge in [0.1, 0.15) is 0 Å². The summed E-state index contributed by atoms with van der Waals surface area (Å²) in [5.74, 6) is -0.0709. The first kappa shape index (κ1) is 14.1. The van der Waals surface area contributed by atoms with Gasteiger partial charge in [-0.15, -0.1) is 0 Å². The summed E-state index contributed by atoms with van der Waals surface area (Å²) >= 11 is 5.97. The van der Waals surface area contributed by atoms with Crippen LogP contribution in [0.1, 0.15) is 6.92 Å². The van der Waals surface area contributed by atoms with Crippen LogP contribution >= 0.6 is 11.6 Å². The molecule has 3 amide bonds. The topological polar surface area (TPSA) is 93.4 Å². The van der Waals surface area contributed by atoms with Crippen LogP contribution in [-0.2, 0) is 4.79 Å². The lowest BCUT2D eigenvalue weighted by atomic mass is 10.3. The molecule has 7 heteroatoms. The maximum absolute atomic E-state index is 11.2. The van der Waals surface area contributed by atoms with E-state index in [1.807, 2.05) is 12.2 Å². The lowest BCUT2D eigenvalue weighted by molar-refractivity contribution is -0.118. The van der Waals surface area contributed by atoms with Crippen molar-refractivity contribution in [2.45, 2.75) is 6.92 Å². The number of nitrogens with one attached hydrogen (secondary N) is 2. The second kappa shape index (κ2) is 6.70. The second-order valence-electron chi connectivity index (χ2n) is 3.32.